The number of hydrogen-bond acceptors (Lipinski definition) is 15. The average molecular weight is 1520 g/mol. The van der Waals surface area contributed by atoms with E-state index in [-0.39, 0.29) is 25.7 Å². The molecule has 0 aliphatic carbocycles. The number of carbonyl (C=O) groups excluding carboxylic acids is 4. The molecule has 618 valence electrons. The van der Waals surface area contributed by atoms with Crippen molar-refractivity contribution in [1.82, 2.24) is 0 Å². The zero-order valence-corrected chi connectivity index (χ0v) is 70.1. The number of phosphoric acid groups is 2. The zero-order chi connectivity index (χ0) is 76.4. The first-order valence-electron chi connectivity index (χ1n) is 44.0. The van der Waals surface area contributed by atoms with Gasteiger partial charge in [0.1, 0.15) is 19.3 Å². The van der Waals surface area contributed by atoms with Gasteiger partial charge in [-0.1, -0.05) is 401 Å². The topological polar surface area (TPSA) is 237 Å². The lowest BCUT2D eigenvalue weighted by atomic mass is 9.99. The van der Waals surface area contributed by atoms with Crippen LogP contribution in [0.5, 0.6) is 0 Å². The molecule has 6 atom stereocenters. The highest BCUT2D eigenvalue weighted by molar-refractivity contribution is 7.47. The smallest absolute Gasteiger partial charge is 0.462 e. The van der Waals surface area contributed by atoms with Crippen LogP contribution < -0.4 is 0 Å². The quantitative estimate of drug-likeness (QED) is 0.0222. The summed E-state index contributed by atoms with van der Waals surface area (Å²) in [6.45, 7) is 9.68. The van der Waals surface area contributed by atoms with Crippen molar-refractivity contribution in [3.8, 4) is 0 Å². The van der Waals surface area contributed by atoms with Gasteiger partial charge in [0.15, 0.2) is 12.2 Å². The Morgan fingerprint density at radius 1 is 0.279 bits per heavy atom. The van der Waals surface area contributed by atoms with Crippen LogP contribution in [0.3, 0.4) is 0 Å². The van der Waals surface area contributed by atoms with E-state index in [1.54, 1.807) is 0 Å². The van der Waals surface area contributed by atoms with Gasteiger partial charge < -0.3 is 33.8 Å². The van der Waals surface area contributed by atoms with Crippen molar-refractivity contribution in [2.24, 2.45) is 11.8 Å². The Balaban J connectivity index is 5.26. The highest BCUT2D eigenvalue weighted by Crippen LogP contribution is 2.45. The lowest BCUT2D eigenvalue weighted by molar-refractivity contribution is -0.161. The molecule has 0 aromatic carbocycles. The van der Waals surface area contributed by atoms with Crippen LogP contribution in [0.1, 0.15) is 452 Å². The van der Waals surface area contributed by atoms with Crippen molar-refractivity contribution < 1.29 is 80.2 Å². The lowest BCUT2D eigenvalue weighted by Gasteiger charge is -2.21. The van der Waals surface area contributed by atoms with Crippen molar-refractivity contribution in [2.45, 2.75) is 471 Å². The molecule has 0 radical (unpaired) electrons. The number of hydrogen-bond donors (Lipinski definition) is 3. The summed E-state index contributed by atoms with van der Waals surface area (Å²) in [5.74, 6) is -0.549. The maximum atomic E-state index is 13.1. The van der Waals surface area contributed by atoms with Gasteiger partial charge in [0.25, 0.3) is 0 Å². The second kappa shape index (κ2) is 76.4. The summed E-state index contributed by atoms with van der Waals surface area (Å²) >= 11 is 0. The molecule has 0 saturated heterocycles. The molecule has 0 amide bonds. The second-order valence-electron chi connectivity index (χ2n) is 31.3. The second-order valence-corrected chi connectivity index (χ2v) is 34.2. The third-order valence-corrected chi connectivity index (χ3v) is 22.2. The number of unbranched alkanes of at least 4 members (excludes halogenated alkanes) is 53. The van der Waals surface area contributed by atoms with E-state index in [2.05, 4.69) is 41.5 Å². The highest BCUT2D eigenvalue weighted by atomic mass is 31.2. The summed E-state index contributed by atoms with van der Waals surface area (Å²) in [7, 11) is -9.93. The van der Waals surface area contributed by atoms with Crippen LogP contribution in [0.15, 0.2) is 0 Å². The number of ether oxygens (including phenoxy) is 4. The van der Waals surface area contributed by atoms with E-state index in [1.165, 1.54) is 270 Å². The van der Waals surface area contributed by atoms with Crippen molar-refractivity contribution in [3.63, 3.8) is 0 Å². The molecule has 0 aliphatic heterocycles. The van der Waals surface area contributed by atoms with Crippen molar-refractivity contribution in [3.05, 3.63) is 0 Å². The molecule has 0 aromatic heterocycles. The van der Waals surface area contributed by atoms with Gasteiger partial charge in [0.05, 0.1) is 26.4 Å². The van der Waals surface area contributed by atoms with Crippen molar-refractivity contribution in [2.75, 3.05) is 39.6 Å². The standard InChI is InChI=1S/C85H166O17P2/c1-7-10-12-14-16-18-20-22-24-26-27-28-30-32-34-39-43-51-57-63-69-84(89)101-80(73-95-82(87)67-61-55-49-42-38-33-31-29-25-23-21-19-17-15-13-11-8-2)75-99-103(91,92)97-71-79(86)72-98-104(93,94)100-76-81(74-96-83(88)68-62-56-50-46-45-48-54-60-66-78(6)9-3)102-85(90)70-64-58-52-44-40-36-35-37-41-47-53-59-65-77(4)5/h77-81,86H,7-76H2,1-6H3,(H,91,92)(H,93,94)/t78?,79-,80-,81-/m1/s1. The van der Waals surface area contributed by atoms with Gasteiger partial charge in [0, 0.05) is 25.7 Å². The molecule has 0 saturated carbocycles. The third kappa shape index (κ3) is 76.8. The Morgan fingerprint density at radius 2 is 0.490 bits per heavy atom. The minimum absolute atomic E-state index is 0.107. The molecule has 0 fully saturated rings. The first-order chi connectivity index (χ1) is 50.4. The molecular formula is C85H166O17P2. The molecule has 0 heterocycles. The first-order valence-corrected chi connectivity index (χ1v) is 47.0. The maximum absolute atomic E-state index is 13.1. The van der Waals surface area contributed by atoms with Crippen LogP contribution in [0, 0.1) is 11.8 Å². The minimum Gasteiger partial charge on any atom is -0.462 e. The number of carbonyl (C=O) groups is 4. The average Bonchev–Trinajstić information content (AvgIpc) is 0.909. The monoisotopic (exact) mass is 1520 g/mol. The summed E-state index contributed by atoms with van der Waals surface area (Å²) in [4.78, 5) is 73.2. The highest BCUT2D eigenvalue weighted by Gasteiger charge is 2.30. The number of rotatable bonds is 84. The Bertz CT molecular complexity index is 2000. The summed E-state index contributed by atoms with van der Waals surface area (Å²) in [5.41, 5.74) is 0. The molecule has 19 heteroatoms. The zero-order valence-electron chi connectivity index (χ0n) is 68.3. The van der Waals surface area contributed by atoms with Gasteiger partial charge in [-0.15, -0.1) is 0 Å². The summed E-state index contributed by atoms with van der Waals surface area (Å²) in [6.07, 6.45) is 68.0. The van der Waals surface area contributed by atoms with Crippen molar-refractivity contribution in [1.29, 1.82) is 0 Å². The van der Waals surface area contributed by atoms with Gasteiger partial charge in [-0.05, 0) is 37.5 Å². The molecule has 0 spiro atoms. The van der Waals surface area contributed by atoms with Gasteiger partial charge in [-0.3, -0.25) is 37.3 Å². The fourth-order valence-corrected chi connectivity index (χ4v) is 14.8. The number of esters is 4. The molecule has 3 N–H and O–H groups in total. The molecule has 0 bridgehead atoms. The predicted molar refractivity (Wildman–Crippen MR) is 428 cm³/mol. The van der Waals surface area contributed by atoms with Crippen LogP contribution in [0.4, 0.5) is 0 Å². The van der Waals surface area contributed by atoms with Gasteiger partial charge >= 0.3 is 39.5 Å². The molecule has 17 nitrogen and oxygen atoms in total. The van der Waals surface area contributed by atoms with E-state index in [0.29, 0.717) is 25.7 Å². The Kier molecular flexibility index (Phi) is 75.0. The third-order valence-electron chi connectivity index (χ3n) is 20.3. The number of aliphatic hydroxyl groups is 1. The van der Waals surface area contributed by atoms with Crippen LogP contribution in [0.25, 0.3) is 0 Å². The number of aliphatic hydroxyl groups excluding tert-OH is 1. The van der Waals surface area contributed by atoms with Gasteiger partial charge in [-0.25, -0.2) is 9.13 Å². The maximum Gasteiger partial charge on any atom is 0.472 e. The number of phosphoric ester groups is 2. The van der Waals surface area contributed by atoms with Gasteiger partial charge in [0.2, 0.25) is 0 Å². The molecule has 0 aliphatic rings. The SMILES string of the molecule is CCCCCCCCCCCCCCCCCCCCCCC(=O)O[C@H](COC(=O)CCCCCCCCCCCCCCCCCCC)COP(=O)(O)OC[C@@H](O)COP(=O)(O)OC[C@@H](COC(=O)CCCCCCCCCCC(C)CC)OC(=O)CCCCCCCCCCCCCCC(C)C. The molecule has 3 unspecified atom stereocenters. The predicted octanol–water partition coefficient (Wildman–Crippen LogP) is 25.8. The van der Waals surface area contributed by atoms with Crippen LogP contribution in [-0.4, -0.2) is 96.7 Å². The van der Waals surface area contributed by atoms with Crippen LogP contribution >= 0.6 is 15.6 Å². The molecule has 0 rings (SSSR count). The van der Waals surface area contributed by atoms with Gasteiger partial charge in [-0.2, -0.15) is 0 Å². The van der Waals surface area contributed by atoms with E-state index in [4.69, 9.17) is 37.0 Å². The van der Waals surface area contributed by atoms with E-state index in [1.807, 2.05) is 0 Å². The van der Waals surface area contributed by atoms with Crippen LogP contribution in [-0.2, 0) is 65.4 Å². The first kappa shape index (κ1) is 102. The fraction of sp³-hybridized carbons (Fsp3) is 0.953. The molecule has 104 heavy (non-hydrogen) atoms. The lowest BCUT2D eigenvalue weighted by Crippen LogP contribution is -2.30. The summed E-state index contributed by atoms with van der Waals surface area (Å²) in [6, 6.07) is 0. The van der Waals surface area contributed by atoms with E-state index in [0.717, 1.165) is 102 Å². The molecule has 0 aromatic rings. The Labute approximate surface area is 638 Å². The van der Waals surface area contributed by atoms with E-state index >= 15 is 0 Å². The summed E-state index contributed by atoms with van der Waals surface area (Å²) < 4.78 is 68.9. The molecular weight excluding hydrogens is 1350 g/mol. The Hall–Kier alpha value is -1.94. The fourth-order valence-electron chi connectivity index (χ4n) is 13.2. The van der Waals surface area contributed by atoms with E-state index < -0.39 is 97.5 Å². The van der Waals surface area contributed by atoms with Crippen LogP contribution in [0.2, 0.25) is 0 Å². The van der Waals surface area contributed by atoms with Crippen molar-refractivity contribution >= 4 is 39.5 Å². The summed E-state index contributed by atoms with van der Waals surface area (Å²) in [5, 5.41) is 10.7. The Morgan fingerprint density at radius 3 is 0.731 bits per heavy atom. The van der Waals surface area contributed by atoms with E-state index in [9.17, 15) is 43.2 Å². The minimum atomic E-state index is -4.97. The largest absolute Gasteiger partial charge is 0.472 e. The normalized spacial score (nSPS) is 14.1.